The van der Waals surface area contributed by atoms with Gasteiger partial charge in [-0.15, -0.1) is 0 Å². The van der Waals surface area contributed by atoms with E-state index in [1.54, 1.807) is 0 Å². The quantitative estimate of drug-likeness (QED) is 0.535. The lowest BCUT2D eigenvalue weighted by atomic mass is 9.75. The fourth-order valence-electron chi connectivity index (χ4n) is 2.47. The molecule has 18 heavy (non-hydrogen) atoms. The maximum Gasteiger partial charge on any atom is 0.228 e. The molecule has 1 unspecified atom stereocenters. The third kappa shape index (κ3) is 2.68. The minimum Gasteiger partial charge on any atom is -0.394 e. The number of hydrogen-bond donors (Lipinski definition) is 4. The van der Waals surface area contributed by atoms with Crippen LogP contribution in [0.4, 0.5) is 0 Å². The molecule has 1 saturated heterocycles. The Morgan fingerprint density at radius 3 is 2.39 bits per heavy atom. The van der Waals surface area contributed by atoms with Gasteiger partial charge >= 0.3 is 0 Å². The SMILES string of the molecule is CCC(CO)(CO)NC(=O)C1(C(C)C)CCNC1. The van der Waals surface area contributed by atoms with Crippen molar-refractivity contribution in [2.45, 2.75) is 39.2 Å². The van der Waals surface area contributed by atoms with E-state index in [1.165, 1.54) is 0 Å². The molecule has 5 nitrogen and oxygen atoms in total. The highest BCUT2D eigenvalue weighted by Crippen LogP contribution is 2.35. The summed E-state index contributed by atoms with van der Waals surface area (Å²) in [6.07, 6.45) is 1.31. The first-order chi connectivity index (χ1) is 8.46. The molecular formula is C13H26N2O3. The number of carbonyl (C=O) groups excluding carboxylic acids is 1. The second-order valence-corrected chi connectivity index (χ2v) is 5.64. The summed E-state index contributed by atoms with van der Waals surface area (Å²) in [7, 11) is 0. The van der Waals surface area contributed by atoms with E-state index < -0.39 is 11.0 Å². The van der Waals surface area contributed by atoms with Crippen molar-refractivity contribution < 1.29 is 15.0 Å². The van der Waals surface area contributed by atoms with Gasteiger partial charge in [-0.1, -0.05) is 20.8 Å². The Hall–Kier alpha value is -0.650. The summed E-state index contributed by atoms with van der Waals surface area (Å²) >= 11 is 0. The molecule has 0 saturated carbocycles. The van der Waals surface area contributed by atoms with Crippen LogP contribution >= 0.6 is 0 Å². The molecule has 1 aliphatic heterocycles. The van der Waals surface area contributed by atoms with Crippen LogP contribution in [-0.4, -0.2) is 48.0 Å². The molecule has 0 bridgehead atoms. The van der Waals surface area contributed by atoms with E-state index in [1.807, 2.05) is 20.8 Å². The van der Waals surface area contributed by atoms with Gasteiger partial charge in [-0.2, -0.15) is 0 Å². The van der Waals surface area contributed by atoms with Crippen molar-refractivity contribution in [3.05, 3.63) is 0 Å². The van der Waals surface area contributed by atoms with E-state index >= 15 is 0 Å². The number of hydrogen-bond acceptors (Lipinski definition) is 4. The van der Waals surface area contributed by atoms with Gasteiger partial charge in [0.05, 0.1) is 24.2 Å². The van der Waals surface area contributed by atoms with Gasteiger partial charge in [0.2, 0.25) is 5.91 Å². The number of aliphatic hydroxyl groups excluding tert-OH is 2. The zero-order valence-corrected chi connectivity index (χ0v) is 11.6. The molecule has 0 aliphatic carbocycles. The highest BCUT2D eigenvalue weighted by molar-refractivity contribution is 5.84. The second-order valence-electron chi connectivity index (χ2n) is 5.64. The van der Waals surface area contributed by atoms with Gasteiger partial charge in [-0.25, -0.2) is 0 Å². The first-order valence-electron chi connectivity index (χ1n) is 6.71. The molecular weight excluding hydrogens is 232 g/mol. The van der Waals surface area contributed by atoms with Gasteiger partial charge < -0.3 is 20.8 Å². The molecule has 1 rings (SSSR count). The van der Waals surface area contributed by atoms with Gasteiger partial charge in [0.25, 0.3) is 0 Å². The number of aliphatic hydroxyl groups is 2. The molecule has 0 radical (unpaired) electrons. The maximum absolute atomic E-state index is 12.5. The summed E-state index contributed by atoms with van der Waals surface area (Å²) in [5, 5.41) is 24.9. The molecule has 5 heteroatoms. The van der Waals surface area contributed by atoms with Crippen LogP contribution in [0.25, 0.3) is 0 Å². The lowest BCUT2D eigenvalue weighted by molar-refractivity contribution is -0.136. The van der Waals surface area contributed by atoms with Crippen molar-refractivity contribution in [1.29, 1.82) is 0 Å². The largest absolute Gasteiger partial charge is 0.394 e. The molecule has 106 valence electrons. The zero-order valence-electron chi connectivity index (χ0n) is 11.6. The van der Waals surface area contributed by atoms with Crippen LogP contribution in [0.3, 0.4) is 0 Å². The zero-order chi connectivity index (χ0) is 13.8. The van der Waals surface area contributed by atoms with E-state index in [0.29, 0.717) is 13.0 Å². The van der Waals surface area contributed by atoms with E-state index in [2.05, 4.69) is 10.6 Å². The fraction of sp³-hybridized carbons (Fsp3) is 0.923. The monoisotopic (exact) mass is 258 g/mol. The van der Waals surface area contributed by atoms with E-state index in [9.17, 15) is 15.0 Å². The van der Waals surface area contributed by atoms with Crippen LogP contribution in [0.15, 0.2) is 0 Å². The number of rotatable bonds is 6. The van der Waals surface area contributed by atoms with Crippen molar-refractivity contribution in [3.8, 4) is 0 Å². The molecule has 0 aromatic carbocycles. The smallest absolute Gasteiger partial charge is 0.228 e. The van der Waals surface area contributed by atoms with Crippen LogP contribution < -0.4 is 10.6 Å². The molecule has 4 N–H and O–H groups in total. The van der Waals surface area contributed by atoms with Crippen molar-refractivity contribution in [3.63, 3.8) is 0 Å². The van der Waals surface area contributed by atoms with E-state index in [4.69, 9.17) is 0 Å². The molecule has 1 fully saturated rings. The van der Waals surface area contributed by atoms with E-state index in [-0.39, 0.29) is 25.0 Å². The fourth-order valence-corrected chi connectivity index (χ4v) is 2.47. The van der Waals surface area contributed by atoms with Crippen LogP contribution in [0.1, 0.15) is 33.6 Å². The predicted molar refractivity (Wildman–Crippen MR) is 70.1 cm³/mol. The third-order valence-electron chi connectivity index (χ3n) is 4.41. The molecule has 0 spiro atoms. The molecule has 0 aromatic heterocycles. The highest BCUT2D eigenvalue weighted by atomic mass is 16.3. The van der Waals surface area contributed by atoms with Gasteiger partial charge in [0, 0.05) is 6.54 Å². The average molecular weight is 258 g/mol. The molecule has 0 aromatic rings. The Labute approximate surface area is 109 Å². The lowest BCUT2D eigenvalue weighted by Crippen LogP contribution is -2.59. The number of nitrogens with one attached hydrogen (secondary N) is 2. The van der Waals surface area contributed by atoms with Crippen molar-refractivity contribution >= 4 is 5.91 Å². The summed E-state index contributed by atoms with van der Waals surface area (Å²) in [6, 6.07) is 0. The van der Waals surface area contributed by atoms with Gasteiger partial charge in [-0.3, -0.25) is 4.79 Å². The number of amides is 1. The maximum atomic E-state index is 12.5. The van der Waals surface area contributed by atoms with Crippen molar-refractivity contribution in [2.75, 3.05) is 26.3 Å². The first kappa shape index (κ1) is 15.4. The van der Waals surface area contributed by atoms with Gasteiger partial charge in [0.1, 0.15) is 0 Å². The van der Waals surface area contributed by atoms with Crippen molar-refractivity contribution in [2.24, 2.45) is 11.3 Å². The van der Waals surface area contributed by atoms with Gasteiger partial charge in [-0.05, 0) is 25.3 Å². The van der Waals surface area contributed by atoms with Crippen LogP contribution in [-0.2, 0) is 4.79 Å². The van der Waals surface area contributed by atoms with Crippen LogP contribution in [0.5, 0.6) is 0 Å². The number of carbonyl (C=O) groups is 1. The summed E-state index contributed by atoms with van der Waals surface area (Å²) in [6.45, 7) is 6.94. The summed E-state index contributed by atoms with van der Waals surface area (Å²) < 4.78 is 0. The van der Waals surface area contributed by atoms with Crippen LogP contribution in [0.2, 0.25) is 0 Å². The molecule has 1 aliphatic rings. The van der Waals surface area contributed by atoms with Crippen molar-refractivity contribution in [1.82, 2.24) is 10.6 Å². The Morgan fingerprint density at radius 1 is 1.44 bits per heavy atom. The predicted octanol–water partition coefficient (Wildman–Crippen LogP) is -0.128. The second kappa shape index (κ2) is 5.99. The standard InChI is InChI=1S/C13H26N2O3/c1-4-12(8-16,9-17)15-11(18)13(10(2)3)5-6-14-7-13/h10,14,16-17H,4-9H2,1-3H3,(H,15,18). The Balaban J connectivity index is 2.85. The Bertz CT molecular complexity index is 274. The molecule has 1 atom stereocenters. The third-order valence-corrected chi connectivity index (χ3v) is 4.41. The normalized spacial score (nSPS) is 24.6. The minimum atomic E-state index is -0.901. The summed E-state index contributed by atoms with van der Waals surface area (Å²) in [4.78, 5) is 12.5. The Kier molecular flexibility index (Phi) is 5.13. The summed E-state index contributed by atoms with van der Waals surface area (Å²) in [5.41, 5.74) is -1.33. The average Bonchev–Trinajstić information content (AvgIpc) is 2.86. The lowest BCUT2D eigenvalue weighted by Gasteiger charge is -2.37. The van der Waals surface area contributed by atoms with E-state index in [0.717, 1.165) is 13.0 Å². The Morgan fingerprint density at radius 2 is 2.06 bits per heavy atom. The van der Waals surface area contributed by atoms with Gasteiger partial charge in [0.15, 0.2) is 0 Å². The molecule has 1 heterocycles. The first-order valence-corrected chi connectivity index (χ1v) is 6.71. The molecule has 1 amide bonds. The topological polar surface area (TPSA) is 81.6 Å². The van der Waals surface area contributed by atoms with Crippen LogP contribution in [0, 0.1) is 11.3 Å². The highest BCUT2D eigenvalue weighted by Gasteiger charge is 2.46. The summed E-state index contributed by atoms with van der Waals surface area (Å²) in [5.74, 6) is 0.159. The minimum absolute atomic E-state index is 0.0625.